The van der Waals surface area contributed by atoms with Crippen molar-refractivity contribution in [2.24, 2.45) is 0 Å². The molecule has 108 valence electrons. The van der Waals surface area contributed by atoms with Crippen LogP contribution in [0.15, 0.2) is 48.5 Å². The number of hydrogen-bond donors (Lipinski definition) is 0. The lowest BCUT2D eigenvalue weighted by Gasteiger charge is -2.16. The van der Waals surface area contributed by atoms with E-state index in [1.54, 1.807) is 18.2 Å². The van der Waals surface area contributed by atoms with Gasteiger partial charge >= 0.3 is 5.69 Å². The van der Waals surface area contributed by atoms with E-state index in [0.717, 1.165) is 5.56 Å². The average Bonchev–Trinajstić information content (AvgIpc) is 2.55. The van der Waals surface area contributed by atoms with E-state index in [9.17, 15) is 10.1 Å². The van der Waals surface area contributed by atoms with Crippen molar-refractivity contribution in [3.05, 3.63) is 69.8 Å². The maximum absolute atomic E-state index is 11.2. The van der Waals surface area contributed by atoms with E-state index < -0.39 is 4.92 Å². The molecule has 1 aliphatic rings. The smallest absolute Gasteiger partial charge is 0.316 e. The molecule has 1 atom stereocenters. The zero-order valence-electron chi connectivity index (χ0n) is 11.4. The van der Waals surface area contributed by atoms with Gasteiger partial charge in [-0.25, -0.2) is 0 Å². The quantitative estimate of drug-likeness (QED) is 0.627. The second-order valence-corrected chi connectivity index (χ2v) is 4.95. The molecule has 0 N–H and O–H groups in total. The number of fused-ring (bicyclic) bond motifs is 2. The third kappa shape index (κ3) is 2.87. The molecule has 5 nitrogen and oxygen atoms in total. The van der Waals surface area contributed by atoms with E-state index >= 15 is 0 Å². The van der Waals surface area contributed by atoms with Gasteiger partial charge < -0.3 is 9.47 Å². The molecule has 0 radical (unpaired) electrons. The lowest BCUT2D eigenvalue weighted by molar-refractivity contribution is -0.386. The molecule has 2 aromatic rings. The molecule has 0 aliphatic carbocycles. The van der Waals surface area contributed by atoms with E-state index in [4.69, 9.17) is 9.47 Å². The fourth-order valence-electron chi connectivity index (χ4n) is 2.48. The van der Waals surface area contributed by atoms with E-state index in [0.29, 0.717) is 24.5 Å². The highest BCUT2D eigenvalue weighted by molar-refractivity contribution is 5.52. The molecule has 0 saturated heterocycles. The summed E-state index contributed by atoms with van der Waals surface area (Å²) in [6.07, 6.45) is 0. The summed E-state index contributed by atoms with van der Waals surface area (Å²) < 4.78 is 11.4. The standard InChI is InChI=1S/C16H15NO4/c18-17(19)16-13-7-4-8-15(16)21-11-14(10-20-9-13)12-5-2-1-3-6-12/h1-8,14H,9-11H2. The molecule has 1 unspecified atom stereocenters. The minimum absolute atomic E-state index is 0.00575. The van der Waals surface area contributed by atoms with Gasteiger partial charge in [-0.3, -0.25) is 10.1 Å². The second-order valence-electron chi connectivity index (χ2n) is 4.95. The molecule has 21 heavy (non-hydrogen) atoms. The van der Waals surface area contributed by atoms with Crippen LogP contribution in [0.3, 0.4) is 0 Å². The van der Waals surface area contributed by atoms with Gasteiger partial charge in [-0.1, -0.05) is 36.4 Å². The summed E-state index contributed by atoms with van der Waals surface area (Å²) in [6.45, 7) is 1.05. The molecular formula is C16H15NO4. The van der Waals surface area contributed by atoms with Crippen molar-refractivity contribution < 1.29 is 14.4 Å². The van der Waals surface area contributed by atoms with Gasteiger partial charge in [0.25, 0.3) is 0 Å². The van der Waals surface area contributed by atoms with Crippen molar-refractivity contribution >= 4 is 5.69 Å². The molecule has 1 aliphatic heterocycles. The Labute approximate surface area is 122 Å². The summed E-state index contributed by atoms with van der Waals surface area (Å²) >= 11 is 0. The minimum atomic E-state index is -0.406. The molecule has 2 aromatic carbocycles. The first-order chi connectivity index (χ1) is 10.3. The molecule has 0 fully saturated rings. The molecule has 0 spiro atoms. The summed E-state index contributed by atoms with van der Waals surface area (Å²) in [7, 11) is 0. The van der Waals surface area contributed by atoms with Crippen LogP contribution in [0.5, 0.6) is 5.75 Å². The number of hydrogen-bond acceptors (Lipinski definition) is 4. The van der Waals surface area contributed by atoms with Crippen LogP contribution in [0.2, 0.25) is 0 Å². The summed E-state index contributed by atoms with van der Waals surface area (Å²) in [5.41, 5.74) is 1.66. The number of nitrogens with zero attached hydrogens (tertiary/aromatic N) is 1. The normalized spacial score (nSPS) is 18.0. The Kier molecular flexibility index (Phi) is 3.83. The predicted molar refractivity (Wildman–Crippen MR) is 77.4 cm³/mol. The van der Waals surface area contributed by atoms with Crippen molar-refractivity contribution in [2.75, 3.05) is 13.2 Å². The van der Waals surface area contributed by atoms with Crippen molar-refractivity contribution in [2.45, 2.75) is 12.5 Å². The van der Waals surface area contributed by atoms with Crippen LogP contribution < -0.4 is 4.74 Å². The van der Waals surface area contributed by atoms with Crippen molar-refractivity contribution in [1.82, 2.24) is 0 Å². The second kappa shape index (κ2) is 5.93. The van der Waals surface area contributed by atoms with E-state index in [2.05, 4.69) is 0 Å². The first-order valence-corrected chi connectivity index (χ1v) is 6.77. The molecule has 5 heteroatoms. The average molecular weight is 285 g/mol. The first kappa shape index (κ1) is 13.6. The Morgan fingerprint density at radius 2 is 1.86 bits per heavy atom. The van der Waals surface area contributed by atoms with E-state index in [1.807, 2.05) is 30.3 Å². The lowest BCUT2D eigenvalue weighted by Crippen LogP contribution is -2.15. The molecule has 0 saturated carbocycles. The van der Waals surface area contributed by atoms with Gasteiger partial charge in [-0.15, -0.1) is 0 Å². The van der Waals surface area contributed by atoms with Crippen LogP contribution in [0.4, 0.5) is 5.69 Å². The van der Waals surface area contributed by atoms with Gasteiger partial charge in [0.05, 0.1) is 30.3 Å². The Balaban J connectivity index is 1.90. The topological polar surface area (TPSA) is 61.6 Å². The molecular weight excluding hydrogens is 270 g/mol. The van der Waals surface area contributed by atoms with Crippen molar-refractivity contribution in [3.8, 4) is 5.75 Å². The van der Waals surface area contributed by atoms with Gasteiger partial charge in [0.2, 0.25) is 0 Å². The maximum atomic E-state index is 11.2. The Morgan fingerprint density at radius 3 is 2.62 bits per heavy atom. The third-order valence-corrected chi connectivity index (χ3v) is 3.55. The zero-order chi connectivity index (χ0) is 14.7. The fourth-order valence-corrected chi connectivity index (χ4v) is 2.48. The summed E-state index contributed by atoms with van der Waals surface area (Å²) in [5.74, 6) is 0.365. The van der Waals surface area contributed by atoms with Gasteiger partial charge in [0.15, 0.2) is 5.75 Å². The largest absolute Gasteiger partial charge is 0.486 e. The van der Waals surface area contributed by atoms with Crippen molar-refractivity contribution in [3.63, 3.8) is 0 Å². The van der Waals surface area contributed by atoms with Crippen LogP contribution in [-0.4, -0.2) is 18.1 Å². The molecule has 0 amide bonds. The Hall–Kier alpha value is -2.40. The zero-order valence-corrected chi connectivity index (χ0v) is 11.4. The number of benzene rings is 2. The number of nitro benzene ring substituents is 1. The van der Waals surface area contributed by atoms with Gasteiger partial charge in [-0.2, -0.15) is 0 Å². The molecule has 2 bridgehead atoms. The highest BCUT2D eigenvalue weighted by Crippen LogP contribution is 2.33. The van der Waals surface area contributed by atoms with Gasteiger partial charge in [0, 0.05) is 5.92 Å². The Morgan fingerprint density at radius 1 is 1.05 bits per heavy atom. The van der Waals surface area contributed by atoms with Crippen LogP contribution >= 0.6 is 0 Å². The lowest BCUT2D eigenvalue weighted by atomic mass is 10.0. The SMILES string of the molecule is O=[N+]([O-])c1c2cccc1OCC(c1ccccc1)COC2. The summed E-state index contributed by atoms with van der Waals surface area (Å²) in [6, 6.07) is 15.0. The van der Waals surface area contributed by atoms with Crippen LogP contribution in [-0.2, 0) is 11.3 Å². The van der Waals surface area contributed by atoms with Crippen LogP contribution in [0.1, 0.15) is 17.0 Å². The van der Waals surface area contributed by atoms with Crippen LogP contribution in [0.25, 0.3) is 0 Å². The Bertz CT molecular complexity index is 642. The monoisotopic (exact) mass is 285 g/mol. The molecule has 0 aromatic heterocycles. The number of para-hydroxylation sites is 1. The summed E-state index contributed by atoms with van der Waals surface area (Å²) in [4.78, 5) is 10.8. The number of ether oxygens (including phenoxy) is 2. The van der Waals surface area contributed by atoms with Crippen LogP contribution in [0, 0.1) is 10.1 Å². The van der Waals surface area contributed by atoms with Gasteiger partial charge in [-0.05, 0) is 17.7 Å². The van der Waals surface area contributed by atoms with Gasteiger partial charge in [0.1, 0.15) is 0 Å². The highest BCUT2D eigenvalue weighted by Gasteiger charge is 2.24. The first-order valence-electron chi connectivity index (χ1n) is 6.77. The predicted octanol–water partition coefficient (Wildman–Crippen LogP) is 3.29. The maximum Gasteiger partial charge on any atom is 0.316 e. The van der Waals surface area contributed by atoms with Crippen molar-refractivity contribution in [1.29, 1.82) is 0 Å². The summed E-state index contributed by atoms with van der Waals surface area (Å²) in [5, 5.41) is 11.2. The number of rotatable bonds is 2. The molecule has 3 rings (SSSR count). The fraction of sp³-hybridized carbons (Fsp3) is 0.250. The van der Waals surface area contributed by atoms with E-state index in [-0.39, 0.29) is 18.2 Å². The van der Waals surface area contributed by atoms with E-state index in [1.165, 1.54) is 0 Å². The third-order valence-electron chi connectivity index (χ3n) is 3.55. The molecule has 1 heterocycles. The minimum Gasteiger partial charge on any atom is -0.486 e. The highest BCUT2D eigenvalue weighted by atomic mass is 16.6. The number of nitro groups is 1.